The van der Waals surface area contributed by atoms with E-state index in [2.05, 4.69) is 27.2 Å². The predicted molar refractivity (Wildman–Crippen MR) is 71.1 cm³/mol. The van der Waals surface area contributed by atoms with Crippen LogP contribution in [-0.2, 0) is 13.1 Å². The summed E-state index contributed by atoms with van der Waals surface area (Å²) in [5.74, 6) is 0. The van der Waals surface area contributed by atoms with E-state index in [-0.39, 0.29) is 0 Å². The number of aromatic nitrogens is 2. The zero-order chi connectivity index (χ0) is 12.3. The Kier molecular flexibility index (Phi) is 3.71. The molecule has 5 heteroatoms. The molecular weight excluding hydrogens is 232 g/mol. The maximum atomic E-state index is 5.73. The second kappa shape index (κ2) is 5.25. The maximum Gasteiger partial charge on any atom is 0.208 e. The van der Waals surface area contributed by atoms with Crippen molar-refractivity contribution in [3.8, 4) is 0 Å². The van der Waals surface area contributed by atoms with Crippen molar-refractivity contribution in [3.05, 3.63) is 40.4 Å². The summed E-state index contributed by atoms with van der Waals surface area (Å²) in [4.78, 5) is 2.10. The van der Waals surface area contributed by atoms with Crippen molar-refractivity contribution in [2.75, 3.05) is 11.9 Å². The third-order valence-electron chi connectivity index (χ3n) is 2.59. The normalized spacial score (nSPS) is 10.5. The van der Waals surface area contributed by atoms with Crippen molar-refractivity contribution in [2.45, 2.75) is 20.0 Å². The summed E-state index contributed by atoms with van der Waals surface area (Å²) in [5, 5.41) is 10.1. The lowest BCUT2D eigenvalue weighted by molar-refractivity contribution is 0.872. The van der Waals surface area contributed by atoms with Crippen LogP contribution in [0.2, 0.25) is 0 Å². The van der Waals surface area contributed by atoms with Gasteiger partial charge in [0.1, 0.15) is 5.01 Å². The van der Waals surface area contributed by atoms with Crippen LogP contribution < -0.4 is 10.6 Å². The van der Waals surface area contributed by atoms with Gasteiger partial charge in [0.15, 0.2) is 0 Å². The van der Waals surface area contributed by atoms with Gasteiger partial charge in [0.2, 0.25) is 5.13 Å². The molecule has 0 bridgehead atoms. The van der Waals surface area contributed by atoms with E-state index in [9.17, 15) is 0 Å². The summed E-state index contributed by atoms with van der Waals surface area (Å²) in [7, 11) is 2.02. The average Bonchev–Trinajstić information content (AvgIpc) is 2.77. The molecule has 0 aliphatic rings. The lowest BCUT2D eigenvalue weighted by Crippen LogP contribution is -2.18. The van der Waals surface area contributed by atoms with Crippen molar-refractivity contribution >= 4 is 16.5 Å². The highest BCUT2D eigenvalue weighted by Crippen LogP contribution is 2.20. The van der Waals surface area contributed by atoms with Gasteiger partial charge in [0, 0.05) is 20.1 Å². The zero-order valence-corrected chi connectivity index (χ0v) is 10.9. The van der Waals surface area contributed by atoms with Crippen molar-refractivity contribution < 1.29 is 0 Å². The molecule has 90 valence electrons. The Hall–Kier alpha value is -1.46. The fourth-order valence-electron chi connectivity index (χ4n) is 1.67. The fraction of sp³-hybridized carbons (Fsp3) is 0.333. The Labute approximate surface area is 105 Å². The topological polar surface area (TPSA) is 55.0 Å². The molecule has 0 saturated heterocycles. The Balaban J connectivity index is 2.15. The van der Waals surface area contributed by atoms with Crippen LogP contribution in [0.15, 0.2) is 24.3 Å². The Morgan fingerprint density at radius 3 is 2.53 bits per heavy atom. The van der Waals surface area contributed by atoms with E-state index in [1.165, 1.54) is 11.1 Å². The van der Waals surface area contributed by atoms with Crippen molar-refractivity contribution in [3.63, 3.8) is 0 Å². The molecule has 0 unspecified atom stereocenters. The molecular formula is C12H16N4S. The maximum absolute atomic E-state index is 5.73. The summed E-state index contributed by atoms with van der Waals surface area (Å²) < 4.78 is 0. The van der Waals surface area contributed by atoms with Crippen LogP contribution >= 0.6 is 11.3 Å². The highest BCUT2D eigenvalue weighted by molar-refractivity contribution is 7.15. The summed E-state index contributed by atoms with van der Waals surface area (Å²) in [6.07, 6.45) is 0. The van der Waals surface area contributed by atoms with Crippen molar-refractivity contribution in [2.24, 2.45) is 5.73 Å². The molecule has 2 N–H and O–H groups in total. The van der Waals surface area contributed by atoms with Crippen LogP contribution in [0.25, 0.3) is 0 Å². The zero-order valence-electron chi connectivity index (χ0n) is 10.1. The van der Waals surface area contributed by atoms with Gasteiger partial charge in [0.05, 0.1) is 0 Å². The van der Waals surface area contributed by atoms with Crippen molar-refractivity contribution in [1.29, 1.82) is 0 Å². The molecule has 0 spiro atoms. The van der Waals surface area contributed by atoms with E-state index in [0.717, 1.165) is 16.7 Å². The van der Waals surface area contributed by atoms with Gasteiger partial charge in [-0.1, -0.05) is 35.6 Å². The third kappa shape index (κ3) is 2.81. The van der Waals surface area contributed by atoms with Crippen LogP contribution in [-0.4, -0.2) is 17.2 Å². The minimum absolute atomic E-state index is 0.569. The van der Waals surface area contributed by atoms with Gasteiger partial charge in [-0.25, -0.2) is 0 Å². The first-order chi connectivity index (χ1) is 8.20. The molecule has 2 rings (SSSR count). The molecule has 17 heavy (non-hydrogen) atoms. The second-order valence-corrected chi connectivity index (χ2v) is 5.09. The number of hydrogen-bond acceptors (Lipinski definition) is 5. The molecule has 0 amide bonds. The summed E-state index contributed by atoms with van der Waals surface area (Å²) >= 11 is 1.60. The number of nitrogens with zero attached hydrogens (tertiary/aromatic N) is 3. The van der Waals surface area contributed by atoms with E-state index in [1.54, 1.807) is 11.3 Å². The van der Waals surface area contributed by atoms with E-state index >= 15 is 0 Å². The molecule has 0 saturated carbocycles. The summed E-state index contributed by atoms with van der Waals surface area (Å²) in [6, 6.07) is 8.22. The van der Waals surface area contributed by atoms with Crippen LogP contribution in [0.5, 0.6) is 0 Å². The van der Waals surface area contributed by atoms with Crippen LogP contribution in [0, 0.1) is 6.92 Å². The first-order valence-electron chi connectivity index (χ1n) is 5.49. The lowest BCUT2D eigenvalue weighted by atomic mass is 10.1. The molecule has 2 aromatic rings. The number of aryl methyl sites for hydroxylation is 1. The van der Waals surface area contributed by atoms with E-state index in [0.29, 0.717) is 6.54 Å². The minimum atomic E-state index is 0.569. The molecule has 0 aliphatic carbocycles. The summed E-state index contributed by atoms with van der Waals surface area (Å²) in [6.45, 7) is 3.34. The molecule has 0 aliphatic heterocycles. The second-order valence-electron chi connectivity index (χ2n) is 3.93. The van der Waals surface area contributed by atoms with Gasteiger partial charge >= 0.3 is 0 Å². The smallest absolute Gasteiger partial charge is 0.208 e. The van der Waals surface area contributed by atoms with Gasteiger partial charge in [-0.15, -0.1) is 10.2 Å². The Morgan fingerprint density at radius 2 is 1.94 bits per heavy atom. The van der Waals surface area contributed by atoms with E-state index in [4.69, 9.17) is 5.73 Å². The molecule has 1 aromatic heterocycles. The number of benzene rings is 1. The quantitative estimate of drug-likeness (QED) is 0.898. The van der Waals surface area contributed by atoms with E-state index < -0.39 is 0 Å². The summed E-state index contributed by atoms with van der Waals surface area (Å²) in [5.41, 5.74) is 8.15. The molecule has 0 radical (unpaired) electrons. The van der Waals surface area contributed by atoms with Crippen molar-refractivity contribution in [1.82, 2.24) is 10.2 Å². The van der Waals surface area contributed by atoms with Crippen LogP contribution in [0.1, 0.15) is 16.1 Å². The van der Waals surface area contributed by atoms with Crippen LogP contribution in [0.3, 0.4) is 0 Å². The highest BCUT2D eigenvalue weighted by atomic mass is 32.1. The number of anilines is 1. The number of nitrogens with two attached hydrogens (primary N) is 1. The molecule has 0 fully saturated rings. The fourth-order valence-corrected chi connectivity index (χ4v) is 2.32. The largest absolute Gasteiger partial charge is 0.345 e. The van der Waals surface area contributed by atoms with Gasteiger partial charge < -0.3 is 10.6 Å². The van der Waals surface area contributed by atoms with E-state index in [1.807, 2.05) is 26.1 Å². The Morgan fingerprint density at radius 1 is 1.24 bits per heavy atom. The average molecular weight is 248 g/mol. The van der Waals surface area contributed by atoms with Gasteiger partial charge in [-0.05, 0) is 18.1 Å². The minimum Gasteiger partial charge on any atom is -0.345 e. The number of hydrogen-bond donors (Lipinski definition) is 1. The Bertz CT molecular complexity index is 495. The first-order valence-corrected chi connectivity index (χ1v) is 6.30. The van der Waals surface area contributed by atoms with Gasteiger partial charge in [-0.3, -0.25) is 0 Å². The predicted octanol–water partition coefficient (Wildman–Crippen LogP) is 1.94. The monoisotopic (exact) mass is 248 g/mol. The molecule has 0 atom stereocenters. The van der Waals surface area contributed by atoms with Gasteiger partial charge in [0.25, 0.3) is 0 Å². The SMILES string of the molecule is Cc1nnc(N(C)Cc2ccccc2CN)s1. The lowest BCUT2D eigenvalue weighted by Gasteiger charge is -2.17. The molecule has 4 nitrogen and oxygen atoms in total. The molecule has 1 heterocycles. The highest BCUT2D eigenvalue weighted by Gasteiger charge is 2.09. The number of rotatable bonds is 4. The standard InChI is InChI=1S/C12H16N4S/c1-9-14-15-12(17-9)16(2)8-11-6-4-3-5-10(11)7-13/h3-6H,7-8,13H2,1-2H3. The third-order valence-corrected chi connectivity index (χ3v) is 3.54. The molecule has 1 aromatic carbocycles. The van der Waals surface area contributed by atoms with Gasteiger partial charge in [-0.2, -0.15) is 0 Å². The van der Waals surface area contributed by atoms with Crippen LogP contribution in [0.4, 0.5) is 5.13 Å². The first kappa shape index (κ1) is 12.0.